The summed E-state index contributed by atoms with van der Waals surface area (Å²) in [5.74, 6) is 0.410. The molecule has 1 N–H and O–H groups in total. The molecule has 1 aromatic carbocycles. The van der Waals surface area contributed by atoms with Gasteiger partial charge in [0.25, 0.3) is 0 Å². The topological polar surface area (TPSA) is 49.4 Å². The van der Waals surface area contributed by atoms with Crippen molar-refractivity contribution in [1.82, 2.24) is 9.62 Å². The van der Waals surface area contributed by atoms with E-state index in [1.807, 2.05) is 19.1 Å². The zero-order valence-electron chi connectivity index (χ0n) is 13.9. The van der Waals surface area contributed by atoms with E-state index in [1.54, 1.807) is 16.4 Å². The van der Waals surface area contributed by atoms with Crippen molar-refractivity contribution in [3.8, 4) is 0 Å². The Morgan fingerprint density at radius 2 is 1.77 bits per heavy atom. The van der Waals surface area contributed by atoms with Crippen LogP contribution in [0.3, 0.4) is 0 Å². The van der Waals surface area contributed by atoms with Crippen LogP contribution < -0.4 is 5.32 Å². The second kappa shape index (κ2) is 7.57. The summed E-state index contributed by atoms with van der Waals surface area (Å²) in [6.07, 6.45) is 2.62. The number of nitrogens with one attached hydrogen (secondary N) is 1. The predicted molar refractivity (Wildman–Crippen MR) is 90.6 cm³/mol. The van der Waals surface area contributed by atoms with E-state index in [0.29, 0.717) is 17.4 Å². The van der Waals surface area contributed by atoms with E-state index < -0.39 is 10.0 Å². The van der Waals surface area contributed by atoms with Gasteiger partial charge in [-0.25, -0.2) is 8.42 Å². The molecule has 1 aromatic rings. The van der Waals surface area contributed by atoms with Crippen LogP contribution in [-0.2, 0) is 10.0 Å². The first-order chi connectivity index (χ1) is 10.5. The summed E-state index contributed by atoms with van der Waals surface area (Å²) in [6, 6.07) is 7.51. The van der Waals surface area contributed by atoms with Gasteiger partial charge in [-0.2, -0.15) is 4.31 Å². The molecule has 1 fully saturated rings. The van der Waals surface area contributed by atoms with Crippen molar-refractivity contribution in [1.29, 1.82) is 0 Å². The Morgan fingerprint density at radius 1 is 1.18 bits per heavy atom. The average Bonchev–Trinajstić information content (AvgIpc) is 2.53. The average molecular weight is 324 g/mol. The van der Waals surface area contributed by atoms with Crippen LogP contribution in [-0.4, -0.2) is 38.4 Å². The van der Waals surface area contributed by atoms with Gasteiger partial charge in [-0.15, -0.1) is 0 Å². The van der Waals surface area contributed by atoms with Crippen molar-refractivity contribution >= 4 is 10.0 Å². The molecule has 4 nitrogen and oxygen atoms in total. The Kier molecular flexibility index (Phi) is 6.01. The van der Waals surface area contributed by atoms with Crippen LogP contribution in [0.15, 0.2) is 29.2 Å². The lowest BCUT2D eigenvalue weighted by Gasteiger charge is -2.33. The molecule has 1 aliphatic heterocycles. The van der Waals surface area contributed by atoms with Crippen LogP contribution in [0.4, 0.5) is 0 Å². The van der Waals surface area contributed by atoms with E-state index in [9.17, 15) is 8.42 Å². The summed E-state index contributed by atoms with van der Waals surface area (Å²) in [6.45, 7) is 8.65. The minimum atomic E-state index is -3.40. The summed E-state index contributed by atoms with van der Waals surface area (Å²) in [5.41, 5.74) is 1.17. The smallest absolute Gasteiger partial charge is 0.243 e. The van der Waals surface area contributed by atoms with E-state index in [4.69, 9.17) is 0 Å². The highest BCUT2D eigenvalue weighted by Gasteiger charge is 2.31. The third kappa shape index (κ3) is 3.89. The van der Waals surface area contributed by atoms with Crippen molar-refractivity contribution < 1.29 is 8.42 Å². The van der Waals surface area contributed by atoms with Gasteiger partial charge in [0.1, 0.15) is 0 Å². The summed E-state index contributed by atoms with van der Waals surface area (Å²) < 4.78 is 27.7. The second-order valence-corrected chi connectivity index (χ2v) is 8.21. The molecule has 0 unspecified atom stereocenters. The number of hydrogen-bond acceptors (Lipinski definition) is 3. The van der Waals surface area contributed by atoms with E-state index >= 15 is 0 Å². The lowest BCUT2D eigenvalue weighted by Crippen LogP contribution is -2.46. The number of sulfonamides is 1. The monoisotopic (exact) mass is 324 g/mol. The van der Waals surface area contributed by atoms with E-state index in [-0.39, 0.29) is 6.04 Å². The van der Waals surface area contributed by atoms with Gasteiger partial charge in [-0.1, -0.05) is 32.9 Å². The summed E-state index contributed by atoms with van der Waals surface area (Å²) in [5, 5.41) is 3.30. The van der Waals surface area contributed by atoms with Gasteiger partial charge in [0.15, 0.2) is 0 Å². The third-order valence-electron chi connectivity index (χ3n) is 4.31. The first kappa shape index (κ1) is 17.4. The fourth-order valence-corrected chi connectivity index (χ4v) is 4.75. The van der Waals surface area contributed by atoms with Crippen LogP contribution in [0, 0.1) is 0 Å². The first-order valence-corrected chi connectivity index (χ1v) is 9.73. The zero-order valence-corrected chi connectivity index (χ0v) is 14.7. The Labute approximate surface area is 135 Å². The molecule has 1 heterocycles. The predicted octanol–water partition coefficient (Wildman–Crippen LogP) is 2.96. The second-order valence-electron chi connectivity index (χ2n) is 6.32. The van der Waals surface area contributed by atoms with Gasteiger partial charge in [0.2, 0.25) is 10.0 Å². The minimum Gasteiger partial charge on any atom is -0.317 e. The van der Waals surface area contributed by atoms with E-state index in [1.165, 1.54) is 5.56 Å². The summed E-state index contributed by atoms with van der Waals surface area (Å²) in [4.78, 5) is 0.420. The van der Waals surface area contributed by atoms with Gasteiger partial charge in [-0.3, -0.25) is 0 Å². The molecule has 2 rings (SSSR count). The highest BCUT2D eigenvalue weighted by Crippen LogP contribution is 2.24. The molecule has 22 heavy (non-hydrogen) atoms. The minimum absolute atomic E-state index is 0.121. The van der Waals surface area contributed by atoms with Gasteiger partial charge >= 0.3 is 0 Å². The fraction of sp³-hybridized carbons (Fsp3) is 0.647. The zero-order chi connectivity index (χ0) is 16.2. The maximum atomic E-state index is 13.0. The molecule has 0 atom stereocenters. The quantitative estimate of drug-likeness (QED) is 0.875. The molecule has 0 bridgehead atoms. The van der Waals surface area contributed by atoms with Crippen molar-refractivity contribution in [3.63, 3.8) is 0 Å². The van der Waals surface area contributed by atoms with Crippen LogP contribution in [0.5, 0.6) is 0 Å². The van der Waals surface area contributed by atoms with Gasteiger partial charge < -0.3 is 5.32 Å². The molecule has 1 saturated heterocycles. The maximum absolute atomic E-state index is 13.0. The molecule has 124 valence electrons. The number of rotatable bonds is 6. The number of piperidine rings is 1. The molecule has 0 aromatic heterocycles. The molecular weight excluding hydrogens is 296 g/mol. The molecule has 0 saturated carbocycles. The largest absolute Gasteiger partial charge is 0.317 e. The van der Waals surface area contributed by atoms with Crippen LogP contribution >= 0.6 is 0 Å². The van der Waals surface area contributed by atoms with Crippen molar-refractivity contribution in [3.05, 3.63) is 29.8 Å². The molecule has 0 spiro atoms. The van der Waals surface area contributed by atoms with Gasteiger partial charge in [0.05, 0.1) is 4.90 Å². The third-order valence-corrected chi connectivity index (χ3v) is 6.28. The molecular formula is C17H28N2O2S. The van der Waals surface area contributed by atoms with Crippen molar-refractivity contribution in [2.45, 2.75) is 56.9 Å². The Hall–Kier alpha value is -0.910. The molecule has 1 aliphatic rings. The molecule has 0 radical (unpaired) electrons. The van der Waals surface area contributed by atoms with Gasteiger partial charge in [0, 0.05) is 12.6 Å². The molecule has 0 aliphatic carbocycles. The van der Waals surface area contributed by atoms with Crippen LogP contribution in [0.1, 0.15) is 51.5 Å². The standard InChI is InChI=1S/C17H28N2O2S/c1-4-13-19(16-9-11-18-12-10-16)22(20,21)17-7-5-15(6-8-17)14(2)3/h5-8,14,16,18H,4,9-13H2,1-3H3. The molecule has 0 amide bonds. The van der Waals surface area contributed by atoms with Gasteiger partial charge in [-0.05, 0) is 56.0 Å². The normalized spacial score (nSPS) is 17.3. The van der Waals surface area contributed by atoms with E-state index in [2.05, 4.69) is 19.2 Å². The lowest BCUT2D eigenvalue weighted by atomic mass is 10.0. The Balaban J connectivity index is 2.27. The van der Waals surface area contributed by atoms with Crippen LogP contribution in [0.25, 0.3) is 0 Å². The first-order valence-electron chi connectivity index (χ1n) is 8.29. The van der Waals surface area contributed by atoms with Crippen molar-refractivity contribution in [2.24, 2.45) is 0 Å². The SMILES string of the molecule is CCCN(C1CCNCC1)S(=O)(=O)c1ccc(C(C)C)cc1. The fourth-order valence-electron chi connectivity index (χ4n) is 2.97. The number of hydrogen-bond donors (Lipinski definition) is 1. The lowest BCUT2D eigenvalue weighted by molar-refractivity contribution is 0.262. The summed E-state index contributed by atoms with van der Waals surface area (Å²) >= 11 is 0. The Morgan fingerprint density at radius 3 is 2.27 bits per heavy atom. The highest BCUT2D eigenvalue weighted by atomic mass is 32.2. The summed E-state index contributed by atoms with van der Waals surface area (Å²) in [7, 11) is -3.40. The van der Waals surface area contributed by atoms with Crippen LogP contribution in [0.2, 0.25) is 0 Å². The number of benzene rings is 1. The number of nitrogens with zero attached hydrogens (tertiary/aromatic N) is 1. The maximum Gasteiger partial charge on any atom is 0.243 e. The van der Waals surface area contributed by atoms with Crippen molar-refractivity contribution in [2.75, 3.05) is 19.6 Å². The Bertz CT molecular complexity index is 561. The molecule has 5 heteroatoms. The van der Waals surface area contributed by atoms with E-state index in [0.717, 1.165) is 32.4 Å². The highest BCUT2D eigenvalue weighted by molar-refractivity contribution is 7.89.